The number of rotatable bonds is 4. The molecule has 98 valence electrons. The predicted molar refractivity (Wildman–Crippen MR) is 73.9 cm³/mol. The van der Waals surface area contributed by atoms with Crippen LogP contribution in [-0.4, -0.2) is 5.78 Å². The van der Waals surface area contributed by atoms with Gasteiger partial charge in [0.15, 0.2) is 0 Å². The van der Waals surface area contributed by atoms with Crippen LogP contribution in [0.4, 0.5) is 0 Å². The zero-order chi connectivity index (χ0) is 13.2. The van der Waals surface area contributed by atoms with E-state index in [9.17, 15) is 4.79 Å². The first kappa shape index (κ1) is 14.5. The molecule has 0 bridgehead atoms. The third-order valence-corrected chi connectivity index (χ3v) is 4.30. The van der Waals surface area contributed by atoms with Crippen molar-refractivity contribution >= 4 is 5.78 Å². The van der Waals surface area contributed by atoms with Crippen LogP contribution in [0.25, 0.3) is 0 Å². The van der Waals surface area contributed by atoms with Crippen LogP contribution in [0.5, 0.6) is 0 Å². The minimum atomic E-state index is 0.198. The lowest BCUT2D eigenvalue weighted by Gasteiger charge is -2.32. The van der Waals surface area contributed by atoms with Gasteiger partial charge >= 0.3 is 0 Å². The highest BCUT2D eigenvalue weighted by molar-refractivity contribution is 5.84. The van der Waals surface area contributed by atoms with Crippen LogP contribution >= 0.6 is 0 Å². The fourth-order valence-electron chi connectivity index (χ4n) is 2.64. The number of ketones is 1. The van der Waals surface area contributed by atoms with Gasteiger partial charge in [-0.05, 0) is 37.0 Å². The van der Waals surface area contributed by atoms with Gasteiger partial charge in [-0.3, -0.25) is 4.79 Å². The van der Waals surface area contributed by atoms with E-state index >= 15 is 0 Å². The van der Waals surface area contributed by atoms with Gasteiger partial charge in [-0.25, -0.2) is 0 Å². The highest BCUT2D eigenvalue weighted by atomic mass is 16.1. The predicted octanol–water partition coefficient (Wildman–Crippen LogP) is 4.62. The molecule has 0 heterocycles. The van der Waals surface area contributed by atoms with Gasteiger partial charge in [0.25, 0.3) is 0 Å². The van der Waals surface area contributed by atoms with Gasteiger partial charge in [0.2, 0.25) is 0 Å². The number of carbonyl (C=O) groups is 1. The maximum atomic E-state index is 12.3. The molecule has 1 nitrogen and oxygen atoms in total. The van der Waals surface area contributed by atoms with Crippen LogP contribution < -0.4 is 0 Å². The van der Waals surface area contributed by atoms with Crippen molar-refractivity contribution in [2.45, 2.75) is 60.8 Å². The van der Waals surface area contributed by atoms with Gasteiger partial charge in [-0.1, -0.05) is 46.3 Å². The molecule has 0 aliphatic heterocycles. The van der Waals surface area contributed by atoms with Crippen LogP contribution in [0.2, 0.25) is 0 Å². The second kappa shape index (κ2) is 5.37. The van der Waals surface area contributed by atoms with Gasteiger partial charge in [0.1, 0.15) is 5.78 Å². The van der Waals surface area contributed by atoms with E-state index in [1.807, 2.05) is 0 Å². The minimum Gasteiger partial charge on any atom is -0.299 e. The molecule has 0 fully saturated rings. The van der Waals surface area contributed by atoms with Crippen molar-refractivity contribution in [1.82, 2.24) is 0 Å². The van der Waals surface area contributed by atoms with Crippen molar-refractivity contribution in [2.24, 2.45) is 23.2 Å². The summed E-state index contributed by atoms with van der Waals surface area (Å²) in [6, 6.07) is 0. The summed E-state index contributed by atoms with van der Waals surface area (Å²) in [4.78, 5) is 12.3. The third-order valence-electron chi connectivity index (χ3n) is 4.30. The van der Waals surface area contributed by atoms with E-state index in [1.165, 1.54) is 5.57 Å². The molecule has 1 aliphatic rings. The van der Waals surface area contributed by atoms with Crippen molar-refractivity contribution in [1.29, 1.82) is 0 Å². The molecule has 1 aliphatic carbocycles. The molecule has 0 aromatic heterocycles. The maximum absolute atomic E-state index is 12.3. The number of hydrogen-bond acceptors (Lipinski definition) is 1. The summed E-state index contributed by atoms with van der Waals surface area (Å²) in [5.74, 6) is 1.76. The lowest BCUT2D eigenvalue weighted by molar-refractivity contribution is -0.123. The molecule has 0 spiro atoms. The zero-order valence-corrected chi connectivity index (χ0v) is 12.3. The molecule has 0 radical (unpaired) electrons. The largest absolute Gasteiger partial charge is 0.299 e. The van der Waals surface area contributed by atoms with Gasteiger partial charge in [0.05, 0.1) is 0 Å². The van der Waals surface area contributed by atoms with Crippen LogP contribution in [-0.2, 0) is 4.79 Å². The second-order valence-corrected chi connectivity index (χ2v) is 6.86. The Morgan fingerprint density at radius 3 is 2.47 bits per heavy atom. The summed E-state index contributed by atoms with van der Waals surface area (Å²) in [7, 11) is 0. The Kier molecular flexibility index (Phi) is 4.57. The van der Waals surface area contributed by atoms with Crippen molar-refractivity contribution in [3.8, 4) is 0 Å². The zero-order valence-electron chi connectivity index (χ0n) is 12.3. The van der Waals surface area contributed by atoms with Crippen molar-refractivity contribution in [2.75, 3.05) is 0 Å². The average Bonchev–Trinajstić information content (AvgIpc) is 2.15. The molecule has 0 amide bonds. The molecule has 0 saturated heterocycles. The van der Waals surface area contributed by atoms with Crippen molar-refractivity contribution in [3.05, 3.63) is 11.6 Å². The monoisotopic (exact) mass is 236 g/mol. The molecule has 2 atom stereocenters. The summed E-state index contributed by atoms with van der Waals surface area (Å²) in [6.45, 7) is 13.2. The number of carbonyl (C=O) groups excluding carboxylic acids is 1. The smallest absolute Gasteiger partial charge is 0.140 e. The van der Waals surface area contributed by atoms with E-state index in [0.29, 0.717) is 17.6 Å². The molecule has 17 heavy (non-hydrogen) atoms. The molecule has 0 N–H and O–H groups in total. The molecule has 1 heteroatoms. The van der Waals surface area contributed by atoms with Crippen LogP contribution in [0.15, 0.2) is 11.6 Å². The molecule has 0 aromatic carbocycles. The molecule has 0 saturated carbocycles. The van der Waals surface area contributed by atoms with E-state index < -0.39 is 0 Å². The van der Waals surface area contributed by atoms with Crippen LogP contribution in [0, 0.1) is 23.2 Å². The molecular formula is C16H28O. The summed E-state index contributed by atoms with van der Waals surface area (Å²) in [6.07, 6.45) is 5.23. The lowest BCUT2D eigenvalue weighted by atomic mass is 9.72. The van der Waals surface area contributed by atoms with E-state index in [0.717, 1.165) is 19.3 Å². The molecule has 1 rings (SSSR count). The average molecular weight is 236 g/mol. The van der Waals surface area contributed by atoms with Gasteiger partial charge in [-0.15, -0.1) is 0 Å². The summed E-state index contributed by atoms with van der Waals surface area (Å²) in [5.41, 5.74) is 1.58. The van der Waals surface area contributed by atoms with Crippen molar-refractivity contribution in [3.63, 3.8) is 0 Å². The van der Waals surface area contributed by atoms with Gasteiger partial charge in [-0.2, -0.15) is 0 Å². The van der Waals surface area contributed by atoms with E-state index in [2.05, 4.69) is 47.6 Å². The van der Waals surface area contributed by atoms with E-state index in [1.54, 1.807) is 0 Å². The highest BCUT2D eigenvalue weighted by Gasteiger charge is 2.30. The number of allylic oxidation sites excluding steroid dienone is 2. The lowest BCUT2D eigenvalue weighted by Crippen LogP contribution is -2.26. The quantitative estimate of drug-likeness (QED) is 0.651. The van der Waals surface area contributed by atoms with E-state index in [4.69, 9.17) is 0 Å². The first-order valence-electron chi connectivity index (χ1n) is 6.95. The number of Topliss-reactive ketones (excluding diaryl/α,β-unsaturated/α-hetero) is 1. The Hall–Kier alpha value is -0.590. The number of hydrogen-bond donors (Lipinski definition) is 0. The SMILES string of the molecule is CC1=CC(C)(C)CCC1C(=O)CC(C)C(C)C. The third kappa shape index (κ3) is 3.97. The summed E-state index contributed by atoms with van der Waals surface area (Å²) in [5, 5.41) is 0. The Morgan fingerprint density at radius 2 is 2.00 bits per heavy atom. The van der Waals surface area contributed by atoms with Crippen molar-refractivity contribution < 1.29 is 4.79 Å². The fourth-order valence-corrected chi connectivity index (χ4v) is 2.64. The first-order chi connectivity index (χ1) is 7.73. The Morgan fingerprint density at radius 1 is 1.41 bits per heavy atom. The first-order valence-corrected chi connectivity index (χ1v) is 6.95. The Balaban J connectivity index is 2.66. The van der Waals surface area contributed by atoms with Gasteiger partial charge in [0, 0.05) is 12.3 Å². The van der Waals surface area contributed by atoms with Gasteiger partial charge < -0.3 is 0 Å². The fraction of sp³-hybridized carbons (Fsp3) is 0.812. The van der Waals surface area contributed by atoms with Crippen LogP contribution in [0.1, 0.15) is 60.8 Å². The van der Waals surface area contributed by atoms with E-state index in [-0.39, 0.29) is 11.3 Å². The molecular weight excluding hydrogens is 208 g/mol. The maximum Gasteiger partial charge on any atom is 0.140 e. The Bertz CT molecular complexity index is 309. The minimum absolute atomic E-state index is 0.198. The molecule has 0 aromatic rings. The molecule has 2 unspecified atom stereocenters. The summed E-state index contributed by atoms with van der Waals surface area (Å²) < 4.78 is 0. The topological polar surface area (TPSA) is 17.1 Å². The standard InChI is InChI=1S/C16H28O/c1-11(2)12(3)9-15(17)14-7-8-16(5,6)10-13(14)4/h10-12,14H,7-9H2,1-6H3. The summed E-state index contributed by atoms with van der Waals surface area (Å²) >= 11 is 0. The normalized spacial score (nSPS) is 25.6. The highest BCUT2D eigenvalue weighted by Crippen LogP contribution is 2.37. The van der Waals surface area contributed by atoms with Crippen LogP contribution in [0.3, 0.4) is 0 Å². The Labute approximate surface area is 107 Å². The second-order valence-electron chi connectivity index (χ2n) is 6.86.